The molecule has 0 aliphatic carbocycles. The Morgan fingerprint density at radius 2 is 1.48 bits per heavy atom. The van der Waals surface area contributed by atoms with Gasteiger partial charge < -0.3 is 4.98 Å². The van der Waals surface area contributed by atoms with E-state index in [9.17, 15) is 0 Å². The minimum absolute atomic E-state index is 0.732. The standard InChI is InChI=1S/C24H13Br2N3S4/c25-21-7-5-19(32-21)15-11-13(17-3-1-9-30-17)23(27-15)29-24-14(18-4-2-10-31-18)12-16(28-24)20-6-8-22(26)33-20/h1-12,27H/b29-24+. The first-order valence-electron chi connectivity index (χ1n) is 9.86. The second kappa shape index (κ2) is 9.05. The van der Waals surface area contributed by atoms with Crippen molar-refractivity contribution in [1.82, 2.24) is 4.98 Å². The van der Waals surface area contributed by atoms with Crippen LogP contribution in [0.2, 0.25) is 0 Å². The summed E-state index contributed by atoms with van der Waals surface area (Å²) >= 11 is 13.9. The van der Waals surface area contributed by atoms with Gasteiger partial charge in [0.15, 0.2) is 5.84 Å². The third kappa shape index (κ3) is 4.34. The molecule has 1 aliphatic rings. The van der Waals surface area contributed by atoms with Gasteiger partial charge in [-0.05, 0) is 91.2 Å². The van der Waals surface area contributed by atoms with E-state index >= 15 is 0 Å². The number of rotatable bonds is 5. The van der Waals surface area contributed by atoms with Crippen LogP contribution in [0.3, 0.4) is 0 Å². The fraction of sp³-hybridized carbons (Fsp3) is 0. The van der Waals surface area contributed by atoms with Gasteiger partial charge >= 0.3 is 0 Å². The van der Waals surface area contributed by atoms with E-state index in [-0.39, 0.29) is 0 Å². The predicted octanol–water partition coefficient (Wildman–Crippen LogP) is 9.74. The lowest BCUT2D eigenvalue weighted by Crippen LogP contribution is -1.93. The molecule has 6 rings (SSSR count). The van der Waals surface area contributed by atoms with Crippen LogP contribution in [-0.4, -0.2) is 16.5 Å². The molecular formula is C24H13Br2N3S4. The van der Waals surface area contributed by atoms with Gasteiger partial charge in [0.25, 0.3) is 0 Å². The molecule has 0 fully saturated rings. The van der Waals surface area contributed by atoms with Crippen LogP contribution in [0.4, 0.5) is 5.82 Å². The highest BCUT2D eigenvalue weighted by Gasteiger charge is 2.22. The Hall–Kier alpha value is -1.88. The lowest BCUT2D eigenvalue weighted by Gasteiger charge is -2.01. The van der Waals surface area contributed by atoms with Crippen LogP contribution < -0.4 is 0 Å². The monoisotopic (exact) mass is 629 g/mol. The Balaban J connectivity index is 1.50. The van der Waals surface area contributed by atoms with Crippen molar-refractivity contribution in [2.45, 2.75) is 0 Å². The number of hydrogen-bond acceptors (Lipinski definition) is 5. The summed E-state index contributed by atoms with van der Waals surface area (Å²) in [5.41, 5.74) is 4.14. The van der Waals surface area contributed by atoms with Gasteiger partial charge in [-0.3, -0.25) is 0 Å². The van der Waals surface area contributed by atoms with Gasteiger partial charge in [0.1, 0.15) is 5.82 Å². The minimum Gasteiger partial charge on any atom is -0.338 e. The smallest absolute Gasteiger partial charge is 0.163 e. The molecule has 9 heteroatoms. The maximum atomic E-state index is 5.09. The minimum atomic E-state index is 0.732. The fourth-order valence-electron chi connectivity index (χ4n) is 3.53. The number of allylic oxidation sites excluding steroid dienone is 1. The van der Waals surface area contributed by atoms with Gasteiger partial charge in [0.05, 0.1) is 28.7 Å². The predicted molar refractivity (Wildman–Crippen MR) is 153 cm³/mol. The molecule has 6 heterocycles. The Labute approximate surface area is 223 Å². The van der Waals surface area contributed by atoms with E-state index < -0.39 is 0 Å². The normalized spacial score (nSPS) is 14.8. The maximum absolute atomic E-state index is 5.09. The molecule has 0 saturated heterocycles. The summed E-state index contributed by atoms with van der Waals surface area (Å²) < 4.78 is 2.19. The van der Waals surface area contributed by atoms with Crippen molar-refractivity contribution in [2.75, 3.05) is 0 Å². The molecule has 1 N–H and O–H groups in total. The number of amidine groups is 1. The highest BCUT2D eigenvalue weighted by molar-refractivity contribution is 9.11. The number of aliphatic imine (C=N–C) groups is 2. The van der Waals surface area contributed by atoms with Crippen molar-refractivity contribution >= 4 is 100 Å². The van der Waals surface area contributed by atoms with Gasteiger partial charge in [-0.1, -0.05) is 12.1 Å². The Morgan fingerprint density at radius 3 is 2.12 bits per heavy atom. The third-order valence-corrected chi connectivity index (χ3v) is 10.1. The largest absolute Gasteiger partial charge is 0.338 e. The van der Waals surface area contributed by atoms with Gasteiger partial charge in [0, 0.05) is 20.9 Å². The number of H-pyrrole nitrogens is 1. The maximum Gasteiger partial charge on any atom is 0.163 e. The number of aromatic nitrogens is 1. The van der Waals surface area contributed by atoms with E-state index in [1.807, 2.05) is 0 Å². The number of nitrogens with zero attached hydrogens (tertiary/aromatic N) is 2. The van der Waals surface area contributed by atoms with Crippen molar-refractivity contribution in [3.63, 3.8) is 0 Å². The molecule has 0 spiro atoms. The number of aromatic amines is 1. The lowest BCUT2D eigenvalue weighted by molar-refractivity contribution is 1.34. The molecule has 3 nitrogen and oxygen atoms in total. The third-order valence-electron chi connectivity index (χ3n) is 5.00. The molecule has 162 valence electrons. The quantitative estimate of drug-likeness (QED) is 0.201. The van der Waals surface area contributed by atoms with Gasteiger partial charge in [0.2, 0.25) is 0 Å². The molecule has 0 saturated carbocycles. The molecule has 0 amide bonds. The van der Waals surface area contributed by atoms with Crippen LogP contribution in [-0.2, 0) is 0 Å². The molecule has 1 aliphatic heterocycles. The van der Waals surface area contributed by atoms with Crippen molar-refractivity contribution in [3.05, 3.63) is 88.8 Å². The highest BCUT2D eigenvalue weighted by atomic mass is 79.9. The zero-order valence-electron chi connectivity index (χ0n) is 16.7. The molecule has 0 unspecified atom stereocenters. The van der Waals surface area contributed by atoms with E-state index in [2.05, 4.69) is 108 Å². The average Bonchev–Trinajstić information content (AvgIpc) is 3.60. The Morgan fingerprint density at radius 1 is 0.788 bits per heavy atom. The molecule has 33 heavy (non-hydrogen) atoms. The van der Waals surface area contributed by atoms with Gasteiger partial charge in [-0.2, -0.15) is 0 Å². The van der Waals surface area contributed by atoms with Crippen molar-refractivity contribution in [3.8, 4) is 21.0 Å². The van der Waals surface area contributed by atoms with Crippen molar-refractivity contribution in [1.29, 1.82) is 0 Å². The summed E-state index contributed by atoms with van der Waals surface area (Å²) in [7, 11) is 0. The first kappa shape index (κ1) is 21.6. The number of thiophene rings is 4. The SMILES string of the molecule is Brc1ccc(C2=N/C(=N/c3[nH]c(-c4ccc(Br)s4)cc3-c3cccs3)C(c3cccs3)=C2)s1. The van der Waals surface area contributed by atoms with Gasteiger partial charge in [-0.25, -0.2) is 9.98 Å². The Bertz CT molecular complexity index is 1530. The molecule has 5 aromatic rings. The summed E-state index contributed by atoms with van der Waals surface area (Å²) in [6.45, 7) is 0. The summed E-state index contributed by atoms with van der Waals surface area (Å²) in [4.78, 5) is 18.2. The second-order valence-corrected chi connectivity index (χ2v) is 13.9. The van der Waals surface area contributed by atoms with E-state index in [1.165, 1.54) is 9.75 Å². The summed E-state index contributed by atoms with van der Waals surface area (Å²) in [6, 6.07) is 18.9. The summed E-state index contributed by atoms with van der Waals surface area (Å²) in [5.74, 6) is 1.56. The highest BCUT2D eigenvalue weighted by Crippen LogP contribution is 2.41. The first-order chi connectivity index (χ1) is 16.1. The second-order valence-electron chi connectivity index (χ2n) is 7.10. The fourth-order valence-corrected chi connectivity index (χ4v) is 7.72. The number of nitrogens with one attached hydrogen (secondary N) is 1. The van der Waals surface area contributed by atoms with Crippen molar-refractivity contribution in [2.24, 2.45) is 9.98 Å². The lowest BCUT2D eigenvalue weighted by atomic mass is 10.2. The van der Waals surface area contributed by atoms with Crippen LogP contribution >= 0.6 is 77.2 Å². The summed E-state index contributed by atoms with van der Waals surface area (Å²) in [6.07, 6.45) is 2.15. The molecule has 5 aromatic heterocycles. The zero-order chi connectivity index (χ0) is 22.4. The van der Waals surface area contributed by atoms with Crippen LogP contribution in [0.1, 0.15) is 9.75 Å². The van der Waals surface area contributed by atoms with Crippen LogP contribution in [0.5, 0.6) is 0 Å². The van der Waals surface area contributed by atoms with E-state index in [4.69, 9.17) is 9.98 Å². The number of halogens is 2. The van der Waals surface area contributed by atoms with Crippen molar-refractivity contribution < 1.29 is 0 Å². The molecule has 0 atom stereocenters. The van der Waals surface area contributed by atoms with E-state index in [0.29, 0.717) is 0 Å². The molecule has 0 bridgehead atoms. The molecule has 0 radical (unpaired) electrons. The summed E-state index contributed by atoms with van der Waals surface area (Å²) in [5, 5.41) is 4.18. The first-order valence-corrected chi connectivity index (χ1v) is 14.8. The molecular weight excluding hydrogens is 618 g/mol. The van der Waals surface area contributed by atoms with Crippen LogP contribution in [0.15, 0.2) is 89.0 Å². The number of hydrogen-bond donors (Lipinski definition) is 1. The van der Waals surface area contributed by atoms with E-state index in [1.54, 1.807) is 45.3 Å². The molecule has 0 aromatic carbocycles. The zero-order valence-corrected chi connectivity index (χ0v) is 23.1. The topological polar surface area (TPSA) is 40.5 Å². The Kier molecular flexibility index (Phi) is 5.94. The van der Waals surface area contributed by atoms with Gasteiger partial charge in [-0.15, -0.1) is 45.3 Å². The average molecular weight is 631 g/mol. The van der Waals surface area contributed by atoms with E-state index in [0.717, 1.165) is 51.5 Å². The van der Waals surface area contributed by atoms with Crippen LogP contribution in [0.25, 0.3) is 26.6 Å². The van der Waals surface area contributed by atoms with Crippen LogP contribution in [0, 0.1) is 0 Å².